The summed E-state index contributed by atoms with van der Waals surface area (Å²) in [5.41, 5.74) is 4.23. The molecular weight excluding hydrogens is 256 g/mol. The highest BCUT2D eigenvalue weighted by Gasteiger charge is 2.38. The van der Waals surface area contributed by atoms with Crippen LogP contribution in [0.5, 0.6) is 5.75 Å². The average molecular weight is 280 g/mol. The van der Waals surface area contributed by atoms with Crippen LogP contribution >= 0.6 is 11.8 Å². The molecule has 0 radical (unpaired) electrons. The van der Waals surface area contributed by atoms with E-state index in [4.69, 9.17) is 10.6 Å². The van der Waals surface area contributed by atoms with E-state index in [0.717, 1.165) is 5.75 Å². The number of hydrogen-bond acceptors (Lipinski definition) is 4. The number of nitrogens with one attached hydrogen (secondary N) is 1. The van der Waals surface area contributed by atoms with Crippen LogP contribution in [-0.2, 0) is 0 Å². The second-order valence-corrected chi connectivity index (χ2v) is 7.23. The molecule has 1 heterocycles. The first kappa shape index (κ1) is 14.7. The summed E-state index contributed by atoms with van der Waals surface area (Å²) in [4.78, 5) is 0. The first-order valence-corrected chi connectivity index (χ1v) is 7.90. The Morgan fingerprint density at radius 3 is 2.47 bits per heavy atom. The van der Waals surface area contributed by atoms with Gasteiger partial charge in [0.05, 0.1) is 12.1 Å². The Morgan fingerprint density at radius 2 is 2.00 bits per heavy atom. The fourth-order valence-electron chi connectivity index (χ4n) is 2.66. The van der Waals surface area contributed by atoms with E-state index >= 15 is 0 Å². The third kappa shape index (κ3) is 3.44. The van der Waals surface area contributed by atoms with Crippen LogP contribution in [0.1, 0.15) is 45.2 Å². The van der Waals surface area contributed by atoms with Crippen LogP contribution in [0.3, 0.4) is 0 Å². The molecule has 1 aliphatic heterocycles. The van der Waals surface area contributed by atoms with Gasteiger partial charge < -0.3 is 4.74 Å². The maximum atomic E-state index is 5.79. The van der Waals surface area contributed by atoms with E-state index in [2.05, 4.69) is 24.5 Å². The lowest BCUT2D eigenvalue weighted by atomic mass is 9.91. The Kier molecular flexibility index (Phi) is 4.76. The minimum atomic E-state index is 0.188. The van der Waals surface area contributed by atoms with Crippen LogP contribution < -0.4 is 16.0 Å². The van der Waals surface area contributed by atoms with Crippen LogP contribution in [-0.4, -0.2) is 16.6 Å². The summed E-state index contributed by atoms with van der Waals surface area (Å²) < 4.78 is 5.87. The van der Waals surface area contributed by atoms with Crippen molar-refractivity contribution in [3.63, 3.8) is 0 Å². The zero-order valence-electron chi connectivity index (χ0n) is 12.0. The third-order valence-electron chi connectivity index (χ3n) is 3.61. The summed E-state index contributed by atoms with van der Waals surface area (Å²) in [5, 5.41) is 0. The number of rotatable bonds is 5. The minimum Gasteiger partial charge on any atom is -0.491 e. The smallest absolute Gasteiger partial charge is 0.119 e. The molecule has 0 amide bonds. The van der Waals surface area contributed by atoms with Gasteiger partial charge in [0.2, 0.25) is 0 Å². The third-order valence-corrected chi connectivity index (χ3v) is 5.20. The molecule has 0 aromatic heterocycles. The van der Waals surface area contributed by atoms with Crippen molar-refractivity contribution in [3.8, 4) is 5.75 Å². The molecule has 1 saturated heterocycles. The van der Waals surface area contributed by atoms with Gasteiger partial charge in [-0.1, -0.05) is 12.1 Å². The Morgan fingerprint density at radius 1 is 1.32 bits per heavy atom. The van der Waals surface area contributed by atoms with Gasteiger partial charge in [0.15, 0.2) is 0 Å². The van der Waals surface area contributed by atoms with Crippen molar-refractivity contribution in [2.24, 2.45) is 5.84 Å². The standard InChI is InChI=1S/C15H24N2OS/c1-11(2)18-13-7-5-12(6-8-13)14(17-16)15(3)9-4-10-19-15/h5-8,11,14,17H,4,9-10,16H2,1-3H3. The average Bonchev–Trinajstić information content (AvgIpc) is 2.79. The lowest BCUT2D eigenvalue weighted by molar-refractivity contribution is 0.242. The van der Waals surface area contributed by atoms with E-state index in [1.165, 1.54) is 24.2 Å². The molecule has 2 unspecified atom stereocenters. The largest absolute Gasteiger partial charge is 0.491 e. The molecule has 19 heavy (non-hydrogen) atoms. The van der Waals surface area contributed by atoms with Gasteiger partial charge in [-0.15, -0.1) is 0 Å². The van der Waals surface area contributed by atoms with Crippen LogP contribution in [0.4, 0.5) is 0 Å². The zero-order valence-corrected chi connectivity index (χ0v) is 12.8. The van der Waals surface area contributed by atoms with Gasteiger partial charge in [0.25, 0.3) is 0 Å². The number of thioether (sulfide) groups is 1. The molecule has 1 fully saturated rings. The van der Waals surface area contributed by atoms with E-state index in [1.807, 2.05) is 37.7 Å². The second-order valence-electron chi connectivity index (χ2n) is 5.60. The van der Waals surface area contributed by atoms with E-state index in [-0.39, 0.29) is 16.9 Å². The summed E-state index contributed by atoms with van der Waals surface area (Å²) in [6.07, 6.45) is 2.68. The van der Waals surface area contributed by atoms with E-state index in [0.29, 0.717) is 0 Å². The summed E-state index contributed by atoms with van der Waals surface area (Å²) in [6, 6.07) is 8.48. The molecule has 0 spiro atoms. The lowest BCUT2D eigenvalue weighted by Gasteiger charge is -2.33. The van der Waals surface area contributed by atoms with Gasteiger partial charge in [0.1, 0.15) is 5.75 Å². The molecule has 2 rings (SSSR count). The normalized spacial score (nSPS) is 24.7. The van der Waals surface area contributed by atoms with Crippen molar-refractivity contribution in [2.75, 3.05) is 5.75 Å². The fourth-order valence-corrected chi connectivity index (χ4v) is 4.08. The van der Waals surface area contributed by atoms with Crippen LogP contribution in [0, 0.1) is 0 Å². The number of nitrogens with two attached hydrogens (primary N) is 1. The molecule has 3 nitrogen and oxygen atoms in total. The Labute approximate surface area is 120 Å². The van der Waals surface area contributed by atoms with Crippen LogP contribution in [0.15, 0.2) is 24.3 Å². The van der Waals surface area contributed by atoms with Crippen molar-refractivity contribution >= 4 is 11.8 Å². The molecule has 0 bridgehead atoms. The first-order chi connectivity index (χ1) is 9.05. The van der Waals surface area contributed by atoms with E-state index in [1.54, 1.807) is 0 Å². The van der Waals surface area contributed by atoms with Gasteiger partial charge in [0, 0.05) is 4.75 Å². The Balaban J connectivity index is 2.15. The van der Waals surface area contributed by atoms with Gasteiger partial charge in [-0.2, -0.15) is 11.8 Å². The van der Waals surface area contributed by atoms with Gasteiger partial charge in [-0.05, 0) is 57.1 Å². The monoisotopic (exact) mass is 280 g/mol. The number of hydrazine groups is 1. The fraction of sp³-hybridized carbons (Fsp3) is 0.600. The number of benzene rings is 1. The zero-order chi connectivity index (χ0) is 13.9. The lowest BCUT2D eigenvalue weighted by Crippen LogP contribution is -2.41. The van der Waals surface area contributed by atoms with Crippen molar-refractivity contribution in [1.29, 1.82) is 0 Å². The highest BCUT2D eigenvalue weighted by atomic mass is 32.2. The summed E-state index contributed by atoms with van der Waals surface area (Å²) in [6.45, 7) is 6.37. The first-order valence-electron chi connectivity index (χ1n) is 6.92. The van der Waals surface area contributed by atoms with Crippen molar-refractivity contribution in [2.45, 2.75) is 50.5 Å². The van der Waals surface area contributed by atoms with Crippen molar-refractivity contribution in [3.05, 3.63) is 29.8 Å². The minimum absolute atomic E-state index is 0.188. The Bertz CT molecular complexity index is 399. The second kappa shape index (κ2) is 6.16. The summed E-state index contributed by atoms with van der Waals surface area (Å²) in [5.74, 6) is 7.93. The van der Waals surface area contributed by atoms with Gasteiger partial charge >= 0.3 is 0 Å². The van der Waals surface area contributed by atoms with Crippen molar-refractivity contribution < 1.29 is 4.74 Å². The molecule has 1 aromatic rings. The molecule has 1 aromatic carbocycles. The van der Waals surface area contributed by atoms with E-state index < -0.39 is 0 Å². The topological polar surface area (TPSA) is 47.3 Å². The molecule has 3 N–H and O–H groups in total. The van der Waals surface area contributed by atoms with E-state index in [9.17, 15) is 0 Å². The Hall–Kier alpha value is -0.710. The molecule has 4 heteroatoms. The predicted octanol–water partition coefficient (Wildman–Crippen LogP) is 3.26. The molecule has 0 aliphatic carbocycles. The van der Waals surface area contributed by atoms with Crippen LogP contribution in [0.25, 0.3) is 0 Å². The molecular formula is C15H24N2OS. The van der Waals surface area contributed by atoms with Crippen molar-refractivity contribution in [1.82, 2.24) is 5.43 Å². The molecule has 1 aliphatic rings. The quantitative estimate of drug-likeness (QED) is 0.642. The molecule has 106 valence electrons. The summed E-state index contributed by atoms with van der Waals surface area (Å²) >= 11 is 2.01. The summed E-state index contributed by atoms with van der Waals surface area (Å²) in [7, 11) is 0. The highest BCUT2D eigenvalue weighted by molar-refractivity contribution is 8.00. The number of ether oxygens (including phenoxy) is 1. The van der Waals surface area contributed by atoms with Crippen LogP contribution in [0.2, 0.25) is 0 Å². The maximum Gasteiger partial charge on any atom is 0.119 e. The SMILES string of the molecule is CC(C)Oc1ccc(C(NN)C2(C)CCCS2)cc1. The number of hydrogen-bond donors (Lipinski definition) is 2. The molecule has 0 saturated carbocycles. The maximum absolute atomic E-state index is 5.79. The molecule has 2 atom stereocenters. The van der Waals surface area contributed by atoms with Gasteiger partial charge in [-0.25, -0.2) is 0 Å². The van der Waals surface area contributed by atoms with Gasteiger partial charge in [-0.3, -0.25) is 11.3 Å². The predicted molar refractivity (Wildman–Crippen MR) is 82.4 cm³/mol. The highest BCUT2D eigenvalue weighted by Crippen LogP contribution is 2.46.